The molecule has 28 heavy (non-hydrogen) atoms. The lowest BCUT2D eigenvalue weighted by Crippen LogP contribution is -2.21. The standard InChI is InChI=1S/C23H30O5/c24-18(13-12-17-8-4-3-5-9-17)14-15-20-19(21(25)16-22(20)26)10-6-1-2-7-11-23(27)28/h1,3-6,8-9,14-15,18-20,22,24,26H,2,7,10-13,16H2,(H,27,28)/p-1/b6-1-,15-14+/t18-,19+,20+,22+/m0/s1. The van der Waals surface area contributed by atoms with E-state index in [1.54, 1.807) is 12.2 Å². The molecule has 5 heteroatoms. The first-order valence-corrected chi connectivity index (χ1v) is 9.93. The van der Waals surface area contributed by atoms with E-state index in [9.17, 15) is 24.9 Å². The molecular weight excluding hydrogens is 356 g/mol. The van der Waals surface area contributed by atoms with Crippen LogP contribution in [0.25, 0.3) is 0 Å². The van der Waals surface area contributed by atoms with Crippen LogP contribution >= 0.6 is 0 Å². The Morgan fingerprint density at radius 3 is 2.71 bits per heavy atom. The van der Waals surface area contributed by atoms with E-state index in [0.717, 1.165) is 12.0 Å². The lowest BCUT2D eigenvalue weighted by atomic mass is 9.90. The third-order valence-corrected chi connectivity index (χ3v) is 5.17. The predicted octanol–water partition coefficient (Wildman–Crippen LogP) is 1.97. The van der Waals surface area contributed by atoms with Crippen LogP contribution in [0.2, 0.25) is 0 Å². The number of aliphatic hydroxyl groups is 2. The van der Waals surface area contributed by atoms with E-state index in [2.05, 4.69) is 0 Å². The number of aliphatic carboxylic acids is 1. The number of benzene rings is 1. The first-order valence-electron chi connectivity index (χ1n) is 9.93. The molecule has 1 aliphatic rings. The van der Waals surface area contributed by atoms with Crippen LogP contribution in [0.5, 0.6) is 0 Å². The molecule has 4 atom stereocenters. The Kier molecular flexibility index (Phi) is 9.11. The van der Waals surface area contributed by atoms with Crippen LogP contribution in [0.1, 0.15) is 44.1 Å². The Bertz CT molecular complexity index is 679. The van der Waals surface area contributed by atoms with Crippen LogP contribution in [0, 0.1) is 11.8 Å². The van der Waals surface area contributed by atoms with Crippen molar-refractivity contribution < 1.29 is 24.9 Å². The third kappa shape index (κ3) is 7.41. The largest absolute Gasteiger partial charge is 0.550 e. The van der Waals surface area contributed by atoms with Gasteiger partial charge in [0.25, 0.3) is 0 Å². The van der Waals surface area contributed by atoms with Gasteiger partial charge >= 0.3 is 0 Å². The quantitative estimate of drug-likeness (QED) is 0.448. The highest BCUT2D eigenvalue weighted by atomic mass is 16.4. The maximum Gasteiger partial charge on any atom is 0.139 e. The molecule has 0 bridgehead atoms. The molecule has 0 amide bonds. The number of unbranched alkanes of at least 4 members (excludes halogenated alkanes) is 1. The van der Waals surface area contributed by atoms with Crippen molar-refractivity contribution in [3.63, 3.8) is 0 Å². The molecule has 1 aliphatic carbocycles. The van der Waals surface area contributed by atoms with Crippen molar-refractivity contribution in [2.75, 3.05) is 0 Å². The summed E-state index contributed by atoms with van der Waals surface area (Å²) in [6, 6.07) is 9.93. The van der Waals surface area contributed by atoms with Gasteiger partial charge in [-0.2, -0.15) is 0 Å². The van der Waals surface area contributed by atoms with Crippen molar-refractivity contribution in [2.24, 2.45) is 11.8 Å². The van der Waals surface area contributed by atoms with Crippen LogP contribution in [0.15, 0.2) is 54.6 Å². The van der Waals surface area contributed by atoms with Gasteiger partial charge in [-0.15, -0.1) is 0 Å². The fourth-order valence-corrected chi connectivity index (χ4v) is 3.56. The van der Waals surface area contributed by atoms with Gasteiger partial charge in [0, 0.05) is 24.2 Å². The second-order valence-corrected chi connectivity index (χ2v) is 7.37. The Morgan fingerprint density at radius 2 is 2.00 bits per heavy atom. The van der Waals surface area contributed by atoms with E-state index < -0.39 is 18.2 Å². The number of carbonyl (C=O) groups is 2. The Labute approximate surface area is 166 Å². The molecule has 2 rings (SSSR count). The number of carboxylic acids is 1. The minimum atomic E-state index is -1.06. The molecule has 1 aromatic rings. The van der Waals surface area contributed by atoms with E-state index in [0.29, 0.717) is 25.7 Å². The molecule has 152 valence electrons. The molecule has 0 aliphatic heterocycles. The first-order chi connectivity index (χ1) is 13.5. The van der Waals surface area contributed by atoms with Crippen LogP contribution in [-0.4, -0.2) is 34.2 Å². The maximum atomic E-state index is 12.2. The number of aliphatic hydroxyl groups excluding tert-OH is 2. The topological polar surface area (TPSA) is 97.7 Å². The van der Waals surface area contributed by atoms with Gasteiger partial charge in [-0.25, -0.2) is 0 Å². The summed E-state index contributed by atoms with van der Waals surface area (Å²) in [5.41, 5.74) is 1.16. The lowest BCUT2D eigenvalue weighted by Gasteiger charge is -2.16. The number of aryl methyl sites for hydroxylation is 1. The van der Waals surface area contributed by atoms with Crippen molar-refractivity contribution in [2.45, 2.75) is 57.2 Å². The molecule has 1 fully saturated rings. The van der Waals surface area contributed by atoms with Crippen LogP contribution in [-0.2, 0) is 16.0 Å². The maximum absolute atomic E-state index is 12.2. The average Bonchev–Trinajstić information content (AvgIpc) is 2.94. The van der Waals surface area contributed by atoms with Gasteiger partial charge in [-0.05, 0) is 44.1 Å². The molecule has 5 nitrogen and oxygen atoms in total. The molecule has 0 spiro atoms. The lowest BCUT2D eigenvalue weighted by molar-refractivity contribution is -0.305. The molecule has 1 aromatic carbocycles. The highest BCUT2D eigenvalue weighted by Crippen LogP contribution is 2.33. The number of hydrogen-bond donors (Lipinski definition) is 2. The Balaban J connectivity index is 1.82. The SMILES string of the molecule is O=C([O-])CCC/C=C\C[C@H]1C(=O)C[C@@H](O)[C@@H]1/C=C/[C@@H](O)CCc1ccccc1. The first kappa shape index (κ1) is 22.1. The van der Waals surface area contributed by atoms with Gasteiger partial charge in [0.15, 0.2) is 0 Å². The van der Waals surface area contributed by atoms with Gasteiger partial charge in [0.1, 0.15) is 5.78 Å². The number of Topliss-reactive ketones (excluding diaryl/α,β-unsaturated/α-hetero) is 1. The summed E-state index contributed by atoms with van der Waals surface area (Å²) < 4.78 is 0. The van der Waals surface area contributed by atoms with Crippen molar-refractivity contribution in [3.8, 4) is 0 Å². The Morgan fingerprint density at radius 1 is 1.25 bits per heavy atom. The molecule has 0 saturated heterocycles. The zero-order valence-electron chi connectivity index (χ0n) is 16.1. The van der Waals surface area contributed by atoms with E-state index in [-0.39, 0.29) is 30.5 Å². The summed E-state index contributed by atoms with van der Waals surface area (Å²) >= 11 is 0. The van der Waals surface area contributed by atoms with Crippen molar-refractivity contribution in [1.29, 1.82) is 0 Å². The van der Waals surface area contributed by atoms with Crippen LogP contribution in [0.3, 0.4) is 0 Å². The van der Waals surface area contributed by atoms with Crippen molar-refractivity contribution in [3.05, 3.63) is 60.2 Å². The minimum Gasteiger partial charge on any atom is -0.550 e. The number of allylic oxidation sites excluding steroid dienone is 2. The van der Waals surface area contributed by atoms with Gasteiger partial charge in [-0.3, -0.25) is 4.79 Å². The van der Waals surface area contributed by atoms with E-state index in [4.69, 9.17) is 0 Å². The summed E-state index contributed by atoms with van der Waals surface area (Å²) in [5.74, 6) is -1.63. The average molecular weight is 385 g/mol. The molecule has 2 N–H and O–H groups in total. The number of ketones is 1. The molecule has 0 heterocycles. The molecular formula is C23H29O5-. The van der Waals surface area contributed by atoms with Gasteiger partial charge in [0.05, 0.1) is 12.2 Å². The van der Waals surface area contributed by atoms with E-state index in [1.165, 1.54) is 0 Å². The molecule has 1 saturated carbocycles. The summed E-state index contributed by atoms with van der Waals surface area (Å²) in [4.78, 5) is 22.6. The number of hydrogen-bond acceptors (Lipinski definition) is 5. The van der Waals surface area contributed by atoms with Crippen molar-refractivity contribution >= 4 is 11.8 Å². The normalized spacial score (nSPS) is 23.6. The fraction of sp³-hybridized carbons (Fsp3) is 0.478. The summed E-state index contributed by atoms with van der Waals surface area (Å²) in [5, 5.41) is 30.8. The zero-order chi connectivity index (χ0) is 20.4. The molecule has 0 unspecified atom stereocenters. The van der Waals surface area contributed by atoms with E-state index >= 15 is 0 Å². The Hall–Kier alpha value is -2.24. The third-order valence-electron chi connectivity index (χ3n) is 5.17. The second kappa shape index (κ2) is 11.6. The minimum absolute atomic E-state index is 0.0254. The fourth-order valence-electron chi connectivity index (χ4n) is 3.56. The smallest absolute Gasteiger partial charge is 0.139 e. The van der Waals surface area contributed by atoms with Gasteiger partial charge in [0.2, 0.25) is 0 Å². The van der Waals surface area contributed by atoms with Gasteiger partial charge in [-0.1, -0.05) is 54.6 Å². The number of rotatable bonds is 11. The zero-order valence-corrected chi connectivity index (χ0v) is 16.1. The summed E-state index contributed by atoms with van der Waals surface area (Å²) in [6.45, 7) is 0. The van der Waals surface area contributed by atoms with E-state index in [1.807, 2.05) is 42.5 Å². The number of carbonyl (C=O) groups excluding carboxylic acids is 2. The molecule has 0 aromatic heterocycles. The summed E-state index contributed by atoms with van der Waals surface area (Å²) in [7, 11) is 0. The van der Waals surface area contributed by atoms with Crippen LogP contribution in [0.4, 0.5) is 0 Å². The summed E-state index contributed by atoms with van der Waals surface area (Å²) in [6.07, 6.45) is 9.02. The second-order valence-electron chi connectivity index (χ2n) is 7.37. The number of carboxylic acid groups (broad SMARTS) is 1. The highest BCUT2D eigenvalue weighted by molar-refractivity contribution is 5.84. The highest BCUT2D eigenvalue weighted by Gasteiger charge is 2.39. The predicted molar refractivity (Wildman–Crippen MR) is 105 cm³/mol. The van der Waals surface area contributed by atoms with Gasteiger partial charge < -0.3 is 20.1 Å². The van der Waals surface area contributed by atoms with Crippen molar-refractivity contribution in [1.82, 2.24) is 0 Å². The molecule has 0 radical (unpaired) electrons. The van der Waals surface area contributed by atoms with Crippen LogP contribution < -0.4 is 5.11 Å². The monoisotopic (exact) mass is 385 g/mol.